The third-order valence-corrected chi connectivity index (χ3v) is 4.25. The Balaban J connectivity index is 1.84. The fraction of sp³-hybridized carbons (Fsp3) is 0.647. The SMILES string of the molecule is CCC(=O)N1CCCOC(CNC(=O)Cn2c(C)ccc2C)C1. The van der Waals surface area contributed by atoms with Crippen molar-refractivity contribution in [2.75, 3.05) is 26.2 Å². The van der Waals surface area contributed by atoms with Crippen LogP contribution in [-0.2, 0) is 20.9 Å². The van der Waals surface area contributed by atoms with Crippen molar-refractivity contribution in [3.8, 4) is 0 Å². The molecule has 0 spiro atoms. The molecule has 23 heavy (non-hydrogen) atoms. The minimum atomic E-state index is -0.135. The van der Waals surface area contributed by atoms with Crippen molar-refractivity contribution in [3.05, 3.63) is 23.5 Å². The second kappa shape index (κ2) is 8.15. The molecule has 128 valence electrons. The van der Waals surface area contributed by atoms with Gasteiger partial charge in [-0.1, -0.05) is 6.92 Å². The zero-order valence-corrected chi connectivity index (χ0v) is 14.3. The van der Waals surface area contributed by atoms with E-state index in [1.165, 1.54) is 0 Å². The zero-order valence-electron chi connectivity index (χ0n) is 14.3. The quantitative estimate of drug-likeness (QED) is 0.888. The Kier molecular flexibility index (Phi) is 6.21. The molecule has 1 fully saturated rings. The van der Waals surface area contributed by atoms with Crippen LogP contribution in [0.5, 0.6) is 0 Å². The smallest absolute Gasteiger partial charge is 0.240 e. The molecule has 1 N–H and O–H groups in total. The van der Waals surface area contributed by atoms with Crippen LogP contribution in [-0.4, -0.2) is 53.6 Å². The molecule has 2 amide bonds. The largest absolute Gasteiger partial charge is 0.374 e. The number of amides is 2. The van der Waals surface area contributed by atoms with E-state index in [0.717, 1.165) is 24.4 Å². The highest BCUT2D eigenvalue weighted by atomic mass is 16.5. The number of carbonyl (C=O) groups excluding carboxylic acids is 2. The first kappa shape index (κ1) is 17.5. The molecule has 2 rings (SSSR count). The highest BCUT2D eigenvalue weighted by Crippen LogP contribution is 2.08. The molecule has 1 atom stereocenters. The zero-order chi connectivity index (χ0) is 16.8. The summed E-state index contributed by atoms with van der Waals surface area (Å²) in [7, 11) is 0. The fourth-order valence-corrected chi connectivity index (χ4v) is 2.84. The van der Waals surface area contributed by atoms with Gasteiger partial charge in [-0.05, 0) is 32.4 Å². The van der Waals surface area contributed by atoms with E-state index in [4.69, 9.17) is 4.74 Å². The molecule has 2 heterocycles. The van der Waals surface area contributed by atoms with Crippen LogP contribution in [0, 0.1) is 13.8 Å². The Morgan fingerprint density at radius 1 is 1.30 bits per heavy atom. The van der Waals surface area contributed by atoms with Gasteiger partial charge in [0.2, 0.25) is 11.8 Å². The third kappa shape index (κ3) is 4.82. The fourth-order valence-electron chi connectivity index (χ4n) is 2.84. The maximum atomic E-state index is 12.1. The molecule has 1 unspecified atom stereocenters. The van der Waals surface area contributed by atoms with Crippen LogP contribution >= 0.6 is 0 Å². The molecule has 0 radical (unpaired) electrons. The van der Waals surface area contributed by atoms with E-state index in [0.29, 0.717) is 32.7 Å². The normalized spacial score (nSPS) is 18.6. The van der Waals surface area contributed by atoms with E-state index in [1.807, 2.05) is 42.4 Å². The Morgan fingerprint density at radius 2 is 2.00 bits per heavy atom. The second-order valence-electron chi connectivity index (χ2n) is 6.05. The summed E-state index contributed by atoms with van der Waals surface area (Å²) in [5, 5.41) is 2.93. The van der Waals surface area contributed by atoms with Crippen molar-refractivity contribution in [1.82, 2.24) is 14.8 Å². The van der Waals surface area contributed by atoms with Gasteiger partial charge in [-0.3, -0.25) is 9.59 Å². The number of nitrogens with zero attached hydrogens (tertiary/aromatic N) is 2. The lowest BCUT2D eigenvalue weighted by Gasteiger charge is -2.24. The van der Waals surface area contributed by atoms with Gasteiger partial charge in [0, 0.05) is 44.0 Å². The number of nitrogens with one attached hydrogen (secondary N) is 1. The lowest BCUT2D eigenvalue weighted by atomic mass is 10.3. The molecule has 1 aromatic rings. The average molecular weight is 321 g/mol. The summed E-state index contributed by atoms with van der Waals surface area (Å²) in [6, 6.07) is 4.01. The van der Waals surface area contributed by atoms with Crippen LogP contribution < -0.4 is 5.32 Å². The molecule has 6 nitrogen and oxygen atoms in total. The summed E-state index contributed by atoms with van der Waals surface area (Å²) >= 11 is 0. The van der Waals surface area contributed by atoms with Crippen molar-refractivity contribution < 1.29 is 14.3 Å². The highest BCUT2D eigenvalue weighted by Gasteiger charge is 2.22. The van der Waals surface area contributed by atoms with Crippen LogP contribution in [0.2, 0.25) is 0 Å². The van der Waals surface area contributed by atoms with E-state index in [1.54, 1.807) is 0 Å². The van der Waals surface area contributed by atoms with Crippen molar-refractivity contribution in [2.24, 2.45) is 0 Å². The number of carbonyl (C=O) groups is 2. The number of rotatable bonds is 5. The van der Waals surface area contributed by atoms with Gasteiger partial charge in [0.25, 0.3) is 0 Å². The van der Waals surface area contributed by atoms with Gasteiger partial charge >= 0.3 is 0 Å². The van der Waals surface area contributed by atoms with Crippen LogP contribution in [0.3, 0.4) is 0 Å². The van der Waals surface area contributed by atoms with Crippen molar-refractivity contribution in [3.63, 3.8) is 0 Å². The molecule has 0 aliphatic carbocycles. The predicted molar refractivity (Wildman–Crippen MR) is 88.1 cm³/mol. The van der Waals surface area contributed by atoms with Crippen molar-refractivity contribution >= 4 is 11.8 Å². The topological polar surface area (TPSA) is 63.6 Å². The van der Waals surface area contributed by atoms with Crippen molar-refractivity contribution in [1.29, 1.82) is 0 Å². The van der Waals surface area contributed by atoms with Gasteiger partial charge in [-0.15, -0.1) is 0 Å². The van der Waals surface area contributed by atoms with E-state index >= 15 is 0 Å². The summed E-state index contributed by atoms with van der Waals surface area (Å²) in [5.41, 5.74) is 2.14. The van der Waals surface area contributed by atoms with E-state index in [9.17, 15) is 9.59 Å². The number of aryl methyl sites for hydroxylation is 2. The molecule has 1 saturated heterocycles. The minimum Gasteiger partial charge on any atom is -0.374 e. The maximum Gasteiger partial charge on any atom is 0.240 e. The summed E-state index contributed by atoms with van der Waals surface area (Å²) in [6.07, 6.45) is 1.22. The Labute approximate surface area is 137 Å². The highest BCUT2D eigenvalue weighted by molar-refractivity contribution is 5.76. The van der Waals surface area contributed by atoms with Crippen LogP contribution in [0.15, 0.2) is 12.1 Å². The molecular formula is C17H27N3O3. The summed E-state index contributed by atoms with van der Waals surface area (Å²) in [5.74, 6) is 0.110. The van der Waals surface area contributed by atoms with Gasteiger partial charge < -0.3 is 19.5 Å². The first-order valence-electron chi connectivity index (χ1n) is 8.30. The number of ether oxygens (including phenoxy) is 1. The molecule has 1 aliphatic heterocycles. The summed E-state index contributed by atoms with van der Waals surface area (Å²) in [4.78, 5) is 25.9. The average Bonchev–Trinajstić information content (AvgIpc) is 2.75. The Hall–Kier alpha value is -1.82. The number of aromatic nitrogens is 1. The van der Waals surface area contributed by atoms with Gasteiger partial charge in [-0.2, -0.15) is 0 Å². The standard InChI is InChI=1S/C17H27N3O3/c1-4-17(22)19-8-5-9-23-15(11-19)10-18-16(21)12-20-13(2)6-7-14(20)3/h6-7,15H,4-5,8-12H2,1-3H3,(H,18,21). The predicted octanol–water partition coefficient (Wildman–Crippen LogP) is 1.25. The van der Waals surface area contributed by atoms with Crippen LogP contribution in [0.1, 0.15) is 31.2 Å². The Morgan fingerprint density at radius 3 is 2.65 bits per heavy atom. The molecule has 0 bridgehead atoms. The monoisotopic (exact) mass is 321 g/mol. The summed E-state index contributed by atoms with van der Waals surface area (Å²) in [6.45, 7) is 8.51. The molecule has 1 aliphatic rings. The van der Waals surface area contributed by atoms with Crippen molar-refractivity contribution in [2.45, 2.75) is 46.3 Å². The summed E-state index contributed by atoms with van der Waals surface area (Å²) < 4.78 is 7.73. The molecular weight excluding hydrogens is 294 g/mol. The van der Waals surface area contributed by atoms with Gasteiger partial charge in [0.05, 0.1) is 6.10 Å². The van der Waals surface area contributed by atoms with E-state index in [2.05, 4.69) is 5.32 Å². The number of hydrogen-bond donors (Lipinski definition) is 1. The van der Waals surface area contributed by atoms with E-state index < -0.39 is 0 Å². The molecule has 6 heteroatoms. The Bertz CT molecular complexity index is 534. The lowest BCUT2D eigenvalue weighted by molar-refractivity contribution is -0.131. The van der Waals surface area contributed by atoms with Gasteiger partial charge in [-0.25, -0.2) is 0 Å². The lowest BCUT2D eigenvalue weighted by Crippen LogP contribution is -2.42. The van der Waals surface area contributed by atoms with E-state index in [-0.39, 0.29) is 17.9 Å². The van der Waals surface area contributed by atoms with Crippen LogP contribution in [0.4, 0.5) is 0 Å². The van der Waals surface area contributed by atoms with Crippen LogP contribution in [0.25, 0.3) is 0 Å². The molecule has 0 aromatic carbocycles. The first-order valence-corrected chi connectivity index (χ1v) is 8.30. The minimum absolute atomic E-state index is 0.0337. The number of hydrogen-bond acceptors (Lipinski definition) is 3. The maximum absolute atomic E-state index is 12.1. The first-order chi connectivity index (χ1) is 11.0. The molecule has 0 saturated carbocycles. The van der Waals surface area contributed by atoms with Gasteiger partial charge in [0.1, 0.15) is 6.54 Å². The molecule has 1 aromatic heterocycles. The second-order valence-corrected chi connectivity index (χ2v) is 6.05. The third-order valence-electron chi connectivity index (χ3n) is 4.25. The van der Waals surface area contributed by atoms with Gasteiger partial charge in [0.15, 0.2) is 0 Å².